The van der Waals surface area contributed by atoms with Gasteiger partial charge in [-0.05, 0) is 33.6 Å². The predicted molar refractivity (Wildman–Crippen MR) is 91.2 cm³/mol. The second-order valence-corrected chi connectivity index (χ2v) is 6.60. The standard InChI is InChI=1S/C14H12Br2N4O2/c1-18-11-10(12(21)19(2)14(18)22)17-13(16)20(11)7-8-4-3-5-9(15)6-8/h3-6H,7H2,1-2H3. The molecule has 22 heavy (non-hydrogen) atoms. The molecule has 0 saturated carbocycles. The molecule has 8 heteroatoms. The Kier molecular flexibility index (Phi) is 3.82. The zero-order valence-corrected chi connectivity index (χ0v) is 15.0. The molecule has 0 aliphatic carbocycles. The van der Waals surface area contributed by atoms with E-state index in [4.69, 9.17) is 0 Å². The monoisotopic (exact) mass is 426 g/mol. The number of hydrogen-bond acceptors (Lipinski definition) is 3. The Morgan fingerprint density at radius 3 is 2.55 bits per heavy atom. The highest BCUT2D eigenvalue weighted by molar-refractivity contribution is 9.10. The fourth-order valence-electron chi connectivity index (χ4n) is 2.42. The van der Waals surface area contributed by atoms with E-state index in [9.17, 15) is 9.59 Å². The largest absolute Gasteiger partial charge is 0.332 e. The Balaban J connectivity index is 2.29. The Morgan fingerprint density at radius 1 is 1.14 bits per heavy atom. The smallest absolute Gasteiger partial charge is 0.300 e. The van der Waals surface area contributed by atoms with E-state index in [2.05, 4.69) is 36.8 Å². The Bertz CT molecular complexity index is 1000. The number of aromatic nitrogens is 4. The minimum absolute atomic E-state index is 0.270. The van der Waals surface area contributed by atoms with Crippen LogP contribution in [0.2, 0.25) is 0 Å². The molecule has 0 radical (unpaired) electrons. The molecular weight excluding hydrogens is 416 g/mol. The first-order valence-corrected chi connectivity index (χ1v) is 8.05. The van der Waals surface area contributed by atoms with Crippen LogP contribution in [0.15, 0.2) is 43.1 Å². The summed E-state index contributed by atoms with van der Waals surface area (Å²) in [5.41, 5.74) is 1.03. The van der Waals surface area contributed by atoms with Crippen LogP contribution in [-0.4, -0.2) is 18.7 Å². The molecule has 2 heterocycles. The summed E-state index contributed by atoms with van der Waals surface area (Å²) in [4.78, 5) is 28.6. The molecule has 0 aliphatic heterocycles. The van der Waals surface area contributed by atoms with Gasteiger partial charge in [0.05, 0.1) is 6.54 Å². The molecule has 0 unspecified atom stereocenters. The lowest BCUT2D eigenvalue weighted by atomic mass is 10.2. The second kappa shape index (κ2) is 5.51. The van der Waals surface area contributed by atoms with Gasteiger partial charge in [-0.15, -0.1) is 0 Å². The van der Waals surface area contributed by atoms with Gasteiger partial charge in [-0.2, -0.15) is 0 Å². The van der Waals surface area contributed by atoms with Crippen molar-refractivity contribution in [1.82, 2.24) is 18.7 Å². The van der Waals surface area contributed by atoms with Gasteiger partial charge >= 0.3 is 5.69 Å². The Hall–Kier alpha value is -1.67. The third-order valence-electron chi connectivity index (χ3n) is 3.52. The van der Waals surface area contributed by atoms with Crippen LogP contribution in [0.1, 0.15) is 5.56 Å². The molecule has 2 aromatic heterocycles. The van der Waals surface area contributed by atoms with Crippen LogP contribution in [0, 0.1) is 0 Å². The quantitative estimate of drug-likeness (QED) is 0.587. The van der Waals surface area contributed by atoms with Crippen LogP contribution in [0.25, 0.3) is 11.2 Å². The maximum absolute atomic E-state index is 12.2. The zero-order valence-electron chi connectivity index (χ0n) is 11.9. The van der Waals surface area contributed by atoms with E-state index in [0.717, 1.165) is 14.6 Å². The summed E-state index contributed by atoms with van der Waals surface area (Å²) in [5, 5.41) is 0. The first kappa shape index (κ1) is 15.2. The normalized spacial score (nSPS) is 11.3. The molecule has 1 aromatic carbocycles. The maximum Gasteiger partial charge on any atom is 0.332 e. The molecule has 0 aliphatic rings. The van der Waals surface area contributed by atoms with Gasteiger partial charge in [-0.1, -0.05) is 28.1 Å². The van der Waals surface area contributed by atoms with E-state index < -0.39 is 5.56 Å². The van der Waals surface area contributed by atoms with Crippen molar-refractivity contribution in [3.05, 3.63) is 59.9 Å². The van der Waals surface area contributed by atoms with Crippen molar-refractivity contribution < 1.29 is 0 Å². The number of hydrogen-bond donors (Lipinski definition) is 0. The molecule has 0 N–H and O–H groups in total. The summed E-state index contributed by atoms with van der Waals surface area (Å²) in [5.74, 6) is 0. The van der Waals surface area contributed by atoms with Gasteiger partial charge in [-0.3, -0.25) is 18.5 Å². The van der Waals surface area contributed by atoms with Crippen molar-refractivity contribution in [2.75, 3.05) is 0 Å². The van der Waals surface area contributed by atoms with Gasteiger partial charge in [0.15, 0.2) is 15.9 Å². The van der Waals surface area contributed by atoms with E-state index in [1.54, 1.807) is 11.6 Å². The number of aryl methyl sites for hydroxylation is 1. The fourth-order valence-corrected chi connectivity index (χ4v) is 3.34. The summed E-state index contributed by atoms with van der Waals surface area (Å²) in [6, 6.07) is 7.83. The van der Waals surface area contributed by atoms with Crippen molar-refractivity contribution in [3.8, 4) is 0 Å². The molecule has 114 valence electrons. The van der Waals surface area contributed by atoms with Gasteiger partial charge < -0.3 is 0 Å². The van der Waals surface area contributed by atoms with Crippen molar-refractivity contribution >= 4 is 43.0 Å². The van der Waals surface area contributed by atoms with Crippen LogP contribution in [-0.2, 0) is 20.6 Å². The van der Waals surface area contributed by atoms with Gasteiger partial charge in [0.1, 0.15) is 0 Å². The highest BCUT2D eigenvalue weighted by Gasteiger charge is 2.17. The average molecular weight is 428 g/mol. The SMILES string of the molecule is Cn1c(=O)c2nc(Br)n(Cc3cccc(Br)c3)c2n(C)c1=O. The fraction of sp³-hybridized carbons (Fsp3) is 0.214. The number of benzene rings is 1. The van der Waals surface area contributed by atoms with Crippen LogP contribution < -0.4 is 11.2 Å². The van der Waals surface area contributed by atoms with Crippen molar-refractivity contribution in [3.63, 3.8) is 0 Å². The van der Waals surface area contributed by atoms with E-state index in [1.807, 2.05) is 24.3 Å². The van der Waals surface area contributed by atoms with E-state index >= 15 is 0 Å². The number of nitrogens with zero attached hydrogens (tertiary/aromatic N) is 4. The highest BCUT2D eigenvalue weighted by atomic mass is 79.9. The molecule has 0 saturated heterocycles. The van der Waals surface area contributed by atoms with Crippen molar-refractivity contribution in [2.45, 2.75) is 6.54 Å². The molecule has 3 aromatic rings. The third-order valence-corrected chi connectivity index (χ3v) is 4.62. The van der Waals surface area contributed by atoms with Crippen LogP contribution in [0.5, 0.6) is 0 Å². The molecule has 0 bridgehead atoms. The molecule has 0 atom stereocenters. The lowest BCUT2D eigenvalue weighted by molar-refractivity contribution is 0.685. The minimum atomic E-state index is -0.396. The van der Waals surface area contributed by atoms with E-state index in [-0.39, 0.29) is 11.2 Å². The summed E-state index contributed by atoms with van der Waals surface area (Å²) in [6.07, 6.45) is 0. The van der Waals surface area contributed by atoms with Gasteiger partial charge in [-0.25, -0.2) is 9.78 Å². The topological polar surface area (TPSA) is 61.8 Å². The number of halogens is 2. The maximum atomic E-state index is 12.2. The van der Waals surface area contributed by atoms with Gasteiger partial charge in [0.2, 0.25) is 0 Å². The van der Waals surface area contributed by atoms with Crippen LogP contribution in [0.4, 0.5) is 0 Å². The van der Waals surface area contributed by atoms with Crippen LogP contribution >= 0.6 is 31.9 Å². The Morgan fingerprint density at radius 2 is 1.86 bits per heavy atom. The molecule has 0 spiro atoms. The number of rotatable bonds is 2. The van der Waals surface area contributed by atoms with E-state index in [0.29, 0.717) is 16.9 Å². The molecule has 6 nitrogen and oxygen atoms in total. The lowest BCUT2D eigenvalue weighted by Crippen LogP contribution is -2.37. The Labute approximate surface area is 142 Å². The average Bonchev–Trinajstić information content (AvgIpc) is 2.80. The highest BCUT2D eigenvalue weighted by Crippen LogP contribution is 2.20. The van der Waals surface area contributed by atoms with Crippen LogP contribution in [0.3, 0.4) is 0 Å². The first-order valence-electron chi connectivity index (χ1n) is 6.46. The number of fused-ring (bicyclic) bond motifs is 1. The summed E-state index contributed by atoms with van der Waals surface area (Å²) in [7, 11) is 3.08. The second-order valence-electron chi connectivity index (χ2n) is 4.97. The zero-order chi connectivity index (χ0) is 16.0. The van der Waals surface area contributed by atoms with Gasteiger partial charge in [0, 0.05) is 18.6 Å². The minimum Gasteiger partial charge on any atom is -0.300 e. The van der Waals surface area contributed by atoms with Gasteiger partial charge in [0.25, 0.3) is 5.56 Å². The predicted octanol–water partition coefficient (Wildman–Crippen LogP) is 2.01. The van der Waals surface area contributed by atoms with Crippen molar-refractivity contribution in [1.29, 1.82) is 0 Å². The molecule has 0 fully saturated rings. The third kappa shape index (κ3) is 2.36. The summed E-state index contributed by atoms with van der Waals surface area (Å²) in [6.45, 7) is 0.497. The number of imidazole rings is 1. The molecule has 3 rings (SSSR count). The van der Waals surface area contributed by atoms with Crippen molar-refractivity contribution in [2.24, 2.45) is 14.1 Å². The lowest BCUT2D eigenvalue weighted by Gasteiger charge is -2.10. The summed E-state index contributed by atoms with van der Waals surface area (Å²) < 4.78 is 5.79. The first-order chi connectivity index (χ1) is 10.4. The molecular formula is C14H12Br2N4O2. The van der Waals surface area contributed by atoms with E-state index in [1.165, 1.54) is 11.6 Å². The summed E-state index contributed by atoms with van der Waals surface area (Å²) >= 11 is 6.82. The molecule has 0 amide bonds.